The van der Waals surface area contributed by atoms with Gasteiger partial charge >= 0.3 is 19.8 Å². The van der Waals surface area contributed by atoms with Crippen LogP contribution in [0.4, 0.5) is 0 Å². The van der Waals surface area contributed by atoms with Crippen molar-refractivity contribution in [3.63, 3.8) is 0 Å². The summed E-state index contributed by atoms with van der Waals surface area (Å²) in [6.07, 6.45) is 0. The fraction of sp³-hybridized carbons (Fsp3) is 0.333. The van der Waals surface area contributed by atoms with E-state index in [0.29, 0.717) is 5.56 Å². The SMILES string of the molecule is Cc1ccc(C(=O)OC(=O)C(C)C)cc1.O=P(O)(O)O. The number of carbonyl (C=O) groups is 2. The summed E-state index contributed by atoms with van der Waals surface area (Å²) < 4.78 is 13.5. The molecule has 0 atom stereocenters. The van der Waals surface area contributed by atoms with Crippen molar-refractivity contribution in [1.82, 2.24) is 0 Å². The fourth-order valence-electron chi connectivity index (χ4n) is 0.958. The molecule has 1 rings (SSSR count). The van der Waals surface area contributed by atoms with Crippen molar-refractivity contribution in [1.29, 1.82) is 0 Å². The lowest BCUT2D eigenvalue weighted by Crippen LogP contribution is -2.17. The Morgan fingerprint density at radius 1 is 1.10 bits per heavy atom. The quantitative estimate of drug-likeness (QED) is 0.429. The Hall–Kier alpha value is -1.53. The third-order valence-corrected chi connectivity index (χ3v) is 1.95. The fourth-order valence-corrected chi connectivity index (χ4v) is 0.958. The van der Waals surface area contributed by atoms with Crippen LogP contribution in [0.1, 0.15) is 29.8 Å². The molecule has 8 heteroatoms. The van der Waals surface area contributed by atoms with Gasteiger partial charge in [0, 0.05) is 0 Å². The van der Waals surface area contributed by atoms with Crippen LogP contribution in [0, 0.1) is 12.8 Å². The van der Waals surface area contributed by atoms with Gasteiger partial charge in [0.25, 0.3) is 0 Å². The Kier molecular flexibility index (Phi) is 7.31. The van der Waals surface area contributed by atoms with Crippen LogP contribution in [0.3, 0.4) is 0 Å². The van der Waals surface area contributed by atoms with Crippen molar-refractivity contribution in [3.8, 4) is 0 Å². The Morgan fingerprint density at radius 2 is 1.50 bits per heavy atom. The third-order valence-electron chi connectivity index (χ3n) is 1.95. The highest BCUT2D eigenvalue weighted by atomic mass is 31.2. The molecule has 0 fully saturated rings. The van der Waals surface area contributed by atoms with Crippen LogP contribution in [0.15, 0.2) is 24.3 Å². The summed E-state index contributed by atoms with van der Waals surface area (Å²) in [5.74, 6) is -1.38. The Labute approximate surface area is 116 Å². The molecular weight excluding hydrogens is 287 g/mol. The van der Waals surface area contributed by atoms with Crippen molar-refractivity contribution in [2.75, 3.05) is 0 Å². The second kappa shape index (κ2) is 7.91. The number of phosphoric acid groups is 1. The molecule has 0 radical (unpaired) electrons. The first-order valence-corrected chi connectivity index (χ1v) is 7.18. The van der Waals surface area contributed by atoms with Crippen LogP contribution in [-0.2, 0) is 14.1 Å². The summed E-state index contributed by atoms with van der Waals surface area (Å²) in [5.41, 5.74) is 1.45. The zero-order chi connectivity index (χ0) is 15.9. The van der Waals surface area contributed by atoms with Gasteiger partial charge in [-0.25, -0.2) is 9.36 Å². The molecule has 3 N–H and O–H groups in total. The normalized spacial score (nSPS) is 10.6. The Bertz CT molecular complexity index is 493. The second-order valence-electron chi connectivity index (χ2n) is 4.24. The van der Waals surface area contributed by atoms with E-state index in [-0.39, 0.29) is 5.92 Å². The number of esters is 2. The van der Waals surface area contributed by atoms with Crippen LogP contribution in [0.25, 0.3) is 0 Å². The molecule has 0 heterocycles. The van der Waals surface area contributed by atoms with Crippen LogP contribution in [0.5, 0.6) is 0 Å². The molecule has 0 aliphatic carbocycles. The molecule has 7 nitrogen and oxygen atoms in total. The lowest BCUT2D eigenvalue weighted by atomic mass is 10.1. The number of ether oxygens (including phenoxy) is 1. The van der Waals surface area contributed by atoms with Crippen molar-refractivity contribution in [2.45, 2.75) is 20.8 Å². The van der Waals surface area contributed by atoms with Gasteiger partial charge < -0.3 is 19.4 Å². The van der Waals surface area contributed by atoms with Crippen LogP contribution in [0.2, 0.25) is 0 Å². The summed E-state index contributed by atoms with van der Waals surface area (Å²) in [6, 6.07) is 6.89. The molecule has 0 saturated heterocycles. The highest BCUT2D eigenvalue weighted by Crippen LogP contribution is 2.25. The molecule has 0 saturated carbocycles. The third kappa shape index (κ3) is 9.41. The minimum atomic E-state index is -4.64. The molecule has 0 amide bonds. The summed E-state index contributed by atoms with van der Waals surface area (Å²) >= 11 is 0. The van der Waals surface area contributed by atoms with Gasteiger partial charge in [-0.2, -0.15) is 0 Å². The van der Waals surface area contributed by atoms with E-state index < -0.39 is 19.8 Å². The van der Waals surface area contributed by atoms with E-state index in [9.17, 15) is 9.59 Å². The molecule has 0 aromatic heterocycles. The van der Waals surface area contributed by atoms with Crippen molar-refractivity contribution in [2.24, 2.45) is 5.92 Å². The number of aryl methyl sites for hydroxylation is 1. The molecule has 20 heavy (non-hydrogen) atoms. The van der Waals surface area contributed by atoms with E-state index in [1.807, 2.05) is 6.92 Å². The zero-order valence-electron chi connectivity index (χ0n) is 11.3. The van der Waals surface area contributed by atoms with Crippen LogP contribution >= 0.6 is 7.82 Å². The lowest BCUT2D eigenvalue weighted by molar-refractivity contribution is -0.141. The average Bonchev–Trinajstić information content (AvgIpc) is 2.27. The number of benzene rings is 1. The van der Waals surface area contributed by atoms with Gasteiger partial charge in [0.2, 0.25) is 0 Å². The van der Waals surface area contributed by atoms with E-state index in [1.54, 1.807) is 38.1 Å². The summed E-state index contributed by atoms with van der Waals surface area (Å²) in [6.45, 7) is 5.30. The molecule has 0 spiro atoms. The number of rotatable bonds is 2. The monoisotopic (exact) mass is 304 g/mol. The first-order chi connectivity index (χ1) is 9.00. The standard InChI is InChI=1S/C12H14O3.H3O4P/c1-8(2)11(13)15-12(14)10-6-4-9(3)5-7-10;1-5(2,3)4/h4-8H,1-3H3;(H3,1,2,3,4). The van der Waals surface area contributed by atoms with Gasteiger partial charge in [0.15, 0.2) is 0 Å². The molecule has 1 aromatic rings. The molecule has 0 unspecified atom stereocenters. The molecular formula is C12H17O7P. The van der Waals surface area contributed by atoms with E-state index in [2.05, 4.69) is 4.74 Å². The molecule has 112 valence electrons. The molecule has 0 aliphatic heterocycles. The summed E-state index contributed by atoms with van der Waals surface area (Å²) in [4.78, 5) is 44.1. The topological polar surface area (TPSA) is 121 Å². The van der Waals surface area contributed by atoms with E-state index in [1.165, 1.54) is 0 Å². The van der Waals surface area contributed by atoms with E-state index in [4.69, 9.17) is 19.2 Å². The number of hydrogen-bond donors (Lipinski definition) is 3. The van der Waals surface area contributed by atoms with Gasteiger partial charge in [-0.15, -0.1) is 0 Å². The maximum absolute atomic E-state index is 11.4. The highest BCUT2D eigenvalue weighted by molar-refractivity contribution is 7.45. The Balaban J connectivity index is 0.000000621. The van der Waals surface area contributed by atoms with Gasteiger partial charge in [-0.1, -0.05) is 31.5 Å². The zero-order valence-corrected chi connectivity index (χ0v) is 12.2. The van der Waals surface area contributed by atoms with Gasteiger partial charge in [0.05, 0.1) is 11.5 Å². The average molecular weight is 304 g/mol. The maximum Gasteiger partial charge on any atom is 0.466 e. The van der Waals surface area contributed by atoms with Crippen molar-refractivity contribution >= 4 is 19.8 Å². The predicted molar refractivity (Wildman–Crippen MR) is 70.7 cm³/mol. The second-order valence-corrected chi connectivity index (χ2v) is 5.27. The van der Waals surface area contributed by atoms with E-state index in [0.717, 1.165) is 5.56 Å². The summed E-state index contributed by atoms with van der Waals surface area (Å²) in [7, 11) is -4.64. The predicted octanol–water partition coefficient (Wildman–Crippen LogP) is 1.41. The molecule has 0 bridgehead atoms. The largest absolute Gasteiger partial charge is 0.466 e. The van der Waals surface area contributed by atoms with Gasteiger partial charge in [-0.3, -0.25) is 4.79 Å². The van der Waals surface area contributed by atoms with Gasteiger partial charge in [-0.05, 0) is 19.1 Å². The number of carbonyl (C=O) groups excluding carboxylic acids is 2. The highest BCUT2D eigenvalue weighted by Gasteiger charge is 2.15. The molecule has 0 aliphatic rings. The van der Waals surface area contributed by atoms with Crippen LogP contribution < -0.4 is 0 Å². The maximum atomic E-state index is 11.4. The first-order valence-electron chi connectivity index (χ1n) is 5.61. The molecule has 1 aromatic carbocycles. The van der Waals surface area contributed by atoms with Gasteiger partial charge in [0.1, 0.15) is 0 Å². The first kappa shape index (κ1) is 18.5. The smallest absolute Gasteiger partial charge is 0.389 e. The Morgan fingerprint density at radius 3 is 1.85 bits per heavy atom. The van der Waals surface area contributed by atoms with Crippen LogP contribution in [-0.4, -0.2) is 26.6 Å². The minimum absolute atomic E-state index is 0.292. The summed E-state index contributed by atoms with van der Waals surface area (Å²) in [5, 5.41) is 0. The van der Waals surface area contributed by atoms with Crippen molar-refractivity contribution in [3.05, 3.63) is 35.4 Å². The number of hydrogen-bond acceptors (Lipinski definition) is 4. The lowest BCUT2D eigenvalue weighted by Gasteiger charge is -2.05. The van der Waals surface area contributed by atoms with Crippen molar-refractivity contribution < 1.29 is 33.6 Å². The minimum Gasteiger partial charge on any atom is -0.389 e. The van der Waals surface area contributed by atoms with E-state index >= 15 is 0 Å².